The zero-order valence-corrected chi connectivity index (χ0v) is 17.0. The van der Waals surface area contributed by atoms with Gasteiger partial charge < -0.3 is 36.8 Å². The van der Waals surface area contributed by atoms with Gasteiger partial charge in [-0.05, 0) is 27.2 Å². The van der Waals surface area contributed by atoms with Crippen molar-refractivity contribution in [2.24, 2.45) is 0 Å². The first-order valence-corrected chi connectivity index (χ1v) is 11.4. The Hall–Kier alpha value is 0.114. The summed E-state index contributed by atoms with van der Waals surface area (Å²) >= 11 is 0. The SMILES string of the molecule is CCO[Si](OCC)(OCC)C(CCO)C(O)[Si](OC)(OC)OC. The molecule has 2 N–H and O–H groups in total. The number of aliphatic hydroxyl groups excluding tert-OH is 2. The minimum atomic E-state index is -3.38. The average Bonchev–Trinajstić information content (AvgIpc) is 2.55. The Morgan fingerprint density at radius 2 is 1.17 bits per heavy atom. The molecule has 8 nitrogen and oxygen atoms in total. The molecule has 0 radical (unpaired) electrons. The van der Waals surface area contributed by atoms with Crippen LogP contribution in [0.5, 0.6) is 0 Å². The van der Waals surface area contributed by atoms with E-state index in [0.717, 1.165) is 0 Å². The van der Waals surface area contributed by atoms with Crippen LogP contribution >= 0.6 is 0 Å². The zero-order valence-electron chi connectivity index (χ0n) is 15.0. The van der Waals surface area contributed by atoms with Crippen LogP contribution in [0.2, 0.25) is 5.54 Å². The summed E-state index contributed by atoms with van der Waals surface area (Å²) in [5.74, 6) is 0. The summed E-state index contributed by atoms with van der Waals surface area (Å²) in [5, 5.41) is 20.4. The van der Waals surface area contributed by atoms with E-state index in [1.165, 1.54) is 21.3 Å². The van der Waals surface area contributed by atoms with Crippen molar-refractivity contribution in [2.75, 3.05) is 47.8 Å². The molecule has 2 atom stereocenters. The van der Waals surface area contributed by atoms with Crippen LogP contribution in [0.15, 0.2) is 0 Å². The summed E-state index contributed by atoms with van der Waals surface area (Å²) in [6, 6.07) is 0. The Morgan fingerprint density at radius 1 is 0.783 bits per heavy atom. The monoisotopic (exact) mass is 372 g/mol. The molecule has 0 amide bonds. The fourth-order valence-electron chi connectivity index (χ4n) is 2.58. The molecule has 10 heteroatoms. The third kappa shape index (κ3) is 5.56. The van der Waals surface area contributed by atoms with Crippen molar-refractivity contribution < 1.29 is 36.8 Å². The van der Waals surface area contributed by atoms with Crippen molar-refractivity contribution in [1.82, 2.24) is 0 Å². The summed E-state index contributed by atoms with van der Waals surface area (Å²) < 4.78 is 33.7. The molecule has 0 rings (SSSR count). The van der Waals surface area contributed by atoms with E-state index in [9.17, 15) is 10.2 Å². The van der Waals surface area contributed by atoms with E-state index in [2.05, 4.69) is 0 Å². The van der Waals surface area contributed by atoms with Gasteiger partial charge in [-0.25, -0.2) is 0 Å². The third-order valence-electron chi connectivity index (χ3n) is 3.53. The van der Waals surface area contributed by atoms with Gasteiger partial charge in [0.25, 0.3) is 0 Å². The van der Waals surface area contributed by atoms with Gasteiger partial charge in [0, 0.05) is 47.8 Å². The minimum absolute atomic E-state index is 0.161. The molecule has 23 heavy (non-hydrogen) atoms. The van der Waals surface area contributed by atoms with Crippen molar-refractivity contribution >= 4 is 17.6 Å². The Kier molecular flexibility index (Phi) is 11.7. The van der Waals surface area contributed by atoms with E-state index in [1.807, 2.05) is 20.8 Å². The molecule has 0 saturated heterocycles. The maximum absolute atomic E-state index is 10.9. The van der Waals surface area contributed by atoms with Gasteiger partial charge in [-0.1, -0.05) is 0 Å². The lowest BCUT2D eigenvalue weighted by atomic mass is 10.3. The quantitative estimate of drug-likeness (QED) is 0.427. The summed E-state index contributed by atoms with van der Waals surface area (Å²) in [4.78, 5) is 0. The van der Waals surface area contributed by atoms with E-state index in [1.54, 1.807) is 0 Å². The van der Waals surface area contributed by atoms with Gasteiger partial charge in [-0.3, -0.25) is 0 Å². The first-order chi connectivity index (χ1) is 11.0. The molecular weight excluding hydrogens is 340 g/mol. The van der Waals surface area contributed by atoms with Gasteiger partial charge >= 0.3 is 17.6 Å². The number of hydrogen-bond acceptors (Lipinski definition) is 8. The van der Waals surface area contributed by atoms with E-state index < -0.39 is 28.9 Å². The fraction of sp³-hybridized carbons (Fsp3) is 1.00. The van der Waals surface area contributed by atoms with Gasteiger partial charge in [-0.2, -0.15) is 0 Å². The van der Waals surface area contributed by atoms with Crippen LogP contribution in [0.25, 0.3) is 0 Å². The van der Waals surface area contributed by atoms with Crippen LogP contribution in [-0.4, -0.2) is 81.3 Å². The summed E-state index contributed by atoms with van der Waals surface area (Å²) in [5.41, 5.74) is -1.77. The normalized spacial score (nSPS) is 15.7. The number of hydrogen-bond donors (Lipinski definition) is 2. The fourth-order valence-corrected chi connectivity index (χ4v) is 8.65. The van der Waals surface area contributed by atoms with Gasteiger partial charge in [0.2, 0.25) is 0 Å². The van der Waals surface area contributed by atoms with Crippen molar-refractivity contribution in [3.8, 4) is 0 Å². The Bertz CT molecular complexity index is 278. The van der Waals surface area contributed by atoms with E-state index in [0.29, 0.717) is 19.8 Å². The van der Waals surface area contributed by atoms with Crippen LogP contribution in [-0.2, 0) is 26.6 Å². The first-order valence-electron chi connectivity index (χ1n) is 7.83. The van der Waals surface area contributed by atoms with E-state index in [-0.39, 0.29) is 13.0 Å². The van der Waals surface area contributed by atoms with Crippen molar-refractivity contribution in [2.45, 2.75) is 38.5 Å². The second-order valence-electron chi connectivity index (χ2n) is 4.68. The lowest BCUT2D eigenvalue weighted by Crippen LogP contribution is -2.63. The number of rotatable bonds is 14. The molecule has 0 aromatic rings. The van der Waals surface area contributed by atoms with Crippen LogP contribution in [0, 0.1) is 0 Å². The largest absolute Gasteiger partial charge is 0.530 e. The van der Waals surface area contributed by atoms with Crippen LogP contribution in [0.4, 0.5) is 0 Å². The Morgan fingerprint density at radius 3 is 1.43 bits per heavy atom. The van der Waals surface area contributed by atoms with Crippen molar-refractivity contribution in [3.63, 3.8) is 0 Å². The molecule has 0 spiro atoms. The van der Waals surface area contributed by atoms with Gasteiger partial charge in [0.1, 0.15) is 5.73 Å². The summed E-state index contributed by atoms with van der Waals surface area (Å²) in [6.45, 7) is 6.42. The van der Waals surface area contributed by atoms with Crippen LogP contribution in [0.3, 0.4) is 0 Å². The van der Waals surface area contributed by atoms with Gasteiger partial charge in [0.05, 0.1) is 5.54 Å². The topological polar surface area (TPSA) is 95.8 Å². The summed E-state index contributed by atoms with van der Waals surface area (Å²) in [7, 11) is -2.40. The smallest absolute Gasteiger partial charge is 0.396 e. The molecule has 0 aliphatic carbocycles. The maximum atomic E-state index is 10.9. The Balaban J connectivity index is 5.82. The molecule has 0 fully saturated rings. The Labute approximate surface area is 141 Å². The molecule has 2 unspecified atom stereocenters. The van der Waals surface area contributed by atoms with Crippen molar-refractivity contribution in [1.29, 1.82) is 0 Å². The molecule has 140 valence electrons. The minimum Gasteiger partial charge on any atom is -0.396 e. The molecule has 0 aromatic heterocycles. The van der Waals surface area contributed by atoms with Crippen LogP contribution in [0.1, 0.15) is 27.2 Å². The highest BCUT2D eigenvalue weighted by Crippen LogP contribution is 2.36. The highest BCUT2D eigenvalue weighted by atomic mass is 28.4. The molecule has 0 bridgehead atoms. The third-order valence-corrected chi connectivity index (χ3v) is 10.3. The second kappa shape index (κ2) is 11.6. The first kappa shape index (κ1) is 23.1. The highest BCUT2D eigenvalue weighted by molar-refractivity contribution is 6.68. The molecular formula is C13H32O8Si2. The molecule has 0 heterocycles. The second-order valence-corrected chi connectivity index (χ2v) is 10.5. The van der Waals surface area contributed by atoms with Crippen LogP contribution < -0.4 is 0 Å². The molecule has 0 saturated carbocycles. The van der Waals surface area contributed by atoms with Crippen molar-refractivity contribution in [3.05, 3.63) is 0 Å². The maximum Gasteiger partial charge on any atom is 0.530 e. The predicted molar refractivity (Wildman–Crippen MR) is 88.9 cm³/mol. The molecule has 0 aliphatic heterocycles. The zero-order chi connectivity index (χ0) is 17.9. The highest BCUT2D eigenvalue weighted by Gasteiger charge is 2.61. The standard InChI is InChI=1S/C13H32O8Si2/c1-7-19-22(20-8-2,21-9-3)12(10-11-14)13(15)23(16-4,17-5)18-6/h12-15H,7-11H2,1-6H3. The molecule has 0 aliphatic rings. The lowest BCUT2D eigenvalue weighted by molar-refractivity contribution is 0.0133. The van der Waals surface area contributed by atoms with E-state index in [4.69, 9.17) is 26.6 Å². The predicted octanol–water partition coefficient (Wildman–Crippen LogP) is 0.566. The lowest BCUT2D eigenvalue weighted by Gasteiger charge is -2.40. The van der Waals surface area contributed by atoms with Gasteiger partial charge in [0.15, 0.2) is 0 Å². The number of aliphatic hydroxyl groups is 2. The molecule has 0 aromatic carbocycles. The van der Waals surface area contributed by atoms with Gasteiger partial charge in [-0.15, -0.1) is 0 Å². The summed E-state index contributed by atoms with van der Waals surface area (Å²) in [6.07, 6.45) is 0.220. The van der Waals surface area contributed by atoms with E-state index >= 15 is 0 Å². The average molecular weight is 373 g/mol.